The molecule has 0 saturated heterocycles. The Morgan fingerprint density at radius 1 is 0.556 bits per heavy atom. The van der Waals surface area contributed by atoms with Crippen LogP contribution >= 0.6 is 0 Å². The number of aromatic nitrogens is 5. The van der Waals surface area contributed by atoms with Crippen molar-refractivity contribution in [3.63, 3.8) is 0 Å². The molecule has 0 radical (unpaired) electrons. The molecule has 6 nitrogen and oxygen atoms in total. The number of hydrogen-bond acceptors (Lipinski definition) is 3. The third-order valence-electron chi connectivity index (χ3n) is 11.8. The van der Waals surface area contributed by atoms with E-state index in [-0.39, 0.29) is 83.0 Å². The molecule has 0 amide bonds. The fraction of sp³-hybridized carbons (Fsp3) is 0.0615. The van der Waals surface area contributed by atoms with E-state index in [1.165, 1.54) is 47.0 Å². The number of pyridine rings is 1. The van der Waals surface area contributed by atoms with Gasteiger partial charge in [-0.3, -0.25) is 0 Å². The first-order chi connectivity index (χ1) is 43.1. The van der Waals surface area contributed by atoms with Gasteiger partial charge in [-0.2, -0.15) is 22.9 Å². The smallest absolute Gasteiger partial charge is 0.272 e. The fourth-order valence-corrected chi connectivity index (χ4v) is 8.58. The number of nitrogens with zero attached hydrogens (tertiary/aromatic N) is 5. The average molecular weight is 1130 g/mol. The summed E-state index contributed by atoms with van der Waals surface area (Å²) in [5.74, 6) is 0.551. The molecule has 12 rings (SSSR count). The van der Waals surface area contributed by atoms with Crippen molar-refractivity contribution in [1.82, 2.24) is 19.2 Å². The summed E-state index contributed by atoms with van der Waals surface area (Å²) in [6, 6.07) is 20.5. The average Bonchev–Trinajstić information content (AvgIpc) is 1.57. The normalized spacial score (nSPS) is 15.3. The summed E-state index contributed by atoms with van der Waals surface area (Å²) in [6.45, 7) is 6.32. The fourth-order valence-electron chi connectivity index (χ4n) is 8.58. The minimum atomic E-state index is -0.751. The standard InChI is InChI=1S/C65H47N5O.Pt/c1-65(2,3)49-39-40-66-61(41-49)70-59-36-17-16-31-57(59)58-38-37-52(43-60(58)70)71-51-30-18-29-50(42-51)68-44-69(63-55(47-25-12-6-13-26-47)34-20-35-56(63)48-27-14-7-15-28-48)67-64(68)62-53(45-21-8-4-9-22-45)32-19-33-54(62)46-23-10-5-11-24-46;/h4-41H,1-3H3;/q-2;/i4D,5D,6D,7D,8D,9D,10D,11D,12D,13D,14D,15D,21D,22D,23D,24D,25D,26D,27D,28D;. The second-order valence-electron chi connectivity index (χ2n) is 17.2. The van der Waals surface area contributed by atoms with Crippen LogP contribution in [-0.2, 0) is 26.5 Å². The molecular weight excluding hydrogens is 1060 g/mol. The van der Waals surface area contributed by atoms with Crippen molar-refractivity contribution in [2.45, 2.75) is 26.2 Å². The summed E-state index contributed by atoms with van der Waals surface area (Å²) in [7, 11) is 0. The van der Waals surface area contributed by atoms with Crippen LogP contribution < -0.4 is 9.42 Å². The number of rotatable bonds is 10. The number of benzene rings is 9. The van der Waals surface area contributed by atoms with E-state index in [0.717, 1.165) is 26.5 Å². The van der Waals surface area contributed by atoms with Crippen LogP contribution in [0.1, 0.15) is 53.7 Å². The van der Waals surface area contributed by atoms with Gasteiger partial charge in [-0.25, -0.2) is 4.98 Å². The van der Waals surface area contributed by atoms with E-state index in [9.17, 15) is 11.0 Å². The summed E-state index contributed by atoms with van der Waals surface area (Å²) in [4.78, 5) is 4.79. The van der Waals surface area contributed by atoms with E-state index in [1.807, 2.05) is 47.0 Å². The van der Waals surface area contributed by atoms with E-state index in [1.54, 1.807) is 24.4 Å². The Labute approximate surface area is 462 Å². The molecule has 72 heavy (non-hydrogen) atoms. The Hall–Kier alpha value is -8.44. The molecule has 0 bridgehead atoms. The van der Waals surface area contributed by atoms with Crippen molar-refractivity contribution in [3.05, 3.63) is 254 Å². The number of para-hydroxylation sites is 2. The topological polar surface area (TPSA) is 48.8 Å². The van der Waals surface area contributed by atoms with Gasteiger partial charge in [0.05, 0.1) is 33.1 Å². The monoisotopic (exact) mass is 1130 g/mol. The molecule has 0 saturated carbocycles. The van der Waals surface area contributed by atoms with Crippen molar-refractivity contribution >= 4 is 21.8 Å². The predicted molar refractivity (Wildman–Crippen MR) is 286 cm³/mol. The minimum absolute atomic E-state index is 0. The van der Waals surface area contributed by atoms with Gasteiger partial charge in [0.1, 0.15) is 5.82 Å². The molecule has 0 fully saturated rings. The zero-order valence-electron chi connectivity index (χ0n) is 58.4. The second-order valence-corrected chi connectivity index (χ2v) is 17.2. The van der Waals surface area contributed by atoms with Crippen LogP contribution in [-0.4, -0.2) is 19.2 Å². The molecule has 350 valence electrons. The first kappa shape index (κ1) is 28.4. The molecule has 7 heteroatoms. The molecule has 0 aliphatic heterocycles. The van der Waals surface area contributed by atoms with E-state index in [4.69, 9.17) is 31.3 Å². The minimum Gasteiger partial charge on any atom is -0.510 e. The van der Waals surface area contributed by atoms with Crippen molar-refractivity contribution in [2.75, 3.05) is 0 Å². The third kappa shape index (κ3) is 8.65. The first-order valence-corrected chi connectivity index (χ1v) is 22.3. The van der Waals surface area contributed by atoms with E-state index in [2.05, 4.69) is 39.2 Å². The molecule has 12 aromatic rings. The van der Waals surface area contributed by atoms with Crippen molar-refractivity contribution in [3.8, 4) is 84.6 Å². The zero-order chi connectivity index (χ0) is 65.3. The molecule has 3 heterocycles. The number of ether oxygens (including phenoxy) is 1. The van der Waals surface area contributed by atoms with Gasteiger partial charge < -0.3 is 13.9 Å². The summed E-state index contributed by atoms with van der Waals surface area (Å²) >= 11 is 0. The molecule has 3 aromatic heterocycles. The van der Waals surface area contributed by atoms with Crippen molar-refractivity contribution in [2.24, 2.45) is 0 Å². The third-order valence-corrected chi connectivity index (χ3v) is 11.8. The Balaban J connectivity index is 0.00000867. The Morgan fingerprint density at radius 3 is 1.69 bits per heavy atom. The second kappa shape index (κ2) is 19.4. The zero-order valence-corrected chi connectivity index (χ0v) is 40.6. The number of fused-ring (bicyclic) bond motifs is 3. The molecule has 0 N–H and O–H groups in total. The van der Waals surface area contributed by atoms with Crippen LogP contribution in [0.4, 0.5) is 0 Å². The molecule has 0 spiro atoms. The molecule has 0 aliphatic carbocycles. The van der Waals surface area contributed by atoms with Gasteiger partial charge in [-0.05, 0) is 79.1 Å². The van der Waals surface area contributed by atoms with Crippen LogP contribution in [0.2, 0.25) is 0 Å². The number of hydrogen-bond donors (Lipinski definition) is 0. The quantitative estimate of drug-likeness (QED) is 0.101. The Morgan fingerprint density at radius 2 is 1.10 bits per heavy atom. The first-order valence-electron chi connectivity index (χ1n) is 32.3. The maximum absolute atomic E-state index is 9.32. The summed E-state index contributed by atoms with van der Waals surface area (Å²) < 4.78 is 190. The van der Waals surface area contributed by atoms with Gasteiger partial charge in [0.15, 0.2) is 5.82 Å². The van der Waals surface area contributed by atoms with Gasteiger partial charge in [-0.1, -0.05) is 207 Å². The summed E-state index contributed by atoms with van der Waals surface area (Å²) in [5.41, 5.74) is -0.681. The molecule has 0 aliphatic rings. The van der Waals surface area contributed by atoms with Crippen LogP contribution in [0.5, 0.6) is 11.5 Å². The van der Waals surface area contributed by atoms with Gasteiger partial charge in [0.2, 0.25) is 0 Å². The van der Waals surface area contributed by atoms with Gasteiger partial charge >= 0.3 is 0 Å². The Kier molecular flexibility index (Phi) is 7.65. The summed E-state index contributed by atoms with van der Waals surface area (Å²) in [5, 5.41) is 6.88. The molecule has 0 unspecified atom stereocenters. The molecule has 9 aromatic carbocycles. The molecule has 0 atom stereocenters. The summed E-state index contributed by atoms with van der Waals surface area (Å²) in [6.07, 6.45) is 4.91. The predicted octanol–water partition coefficient (Wildman–Crippen LogP) is 15.5. The Bertz CT molecular complexity index is 4830. The van der Waals surface area contributed by atoms with E-state index in [0.29, 0.717) is 11.3 Å². The maximum Gasteiger partial charge on any atom is 0.272 e. The van der Waals surface area contributed by atoms with Crippen molar-refractivity contribution in [1.29, 1.82) is 0 Å². The van der Waals surface area contributed by atoms with Crippen molar-refractivity contribution < 1.29 is 57.9 Å². The largest absolute Gasteiger partial charge is 0.510 e. The van der Waals surface area contributed by atoms with Gasteiger partial charge in [0, 0.05) is 49.8 Å². The van der Waals surface area contributed by atoms with Crippen LogP contribution in [0.3, 0.4) is 0 Å². The maximum atomic E-state index is 9.32. The van der Waals surface area contributed by atoms with Crippen LogP contribution in [0.25, 0.3) is 94.9 Å². The van der Waals surface area contributed by atoms with Crippen LogP contribution in [0.15, 0.2) is 230 Å². The SMILES string of the molecule is [2H]c1c([2H])c([2H])c(-c2cccc(-c3c([2H])c([2H])c([2H])c([2H])c3[2H])c2-c2n[n+](-c3c(-c4c([2H])c([2H])c([2H])c([2H])c4[2H])cccc3-c3c([2H])c([2H])c([2H])c([2H])c3[2H])[c-]n2-c2[c-]c(Oc3[c-]c4c(cc3)c3ccccc3n4-c3cc(C(C)(C)C)ccn3)ccc2)c([2H])c1[2H].[Pt]. The molecular formula is C65H47N5OPt-2. The van der Waals surface area contributed by atoms with E-state index < -0.39 is 143 Å². The van der Waals surface area contributed by atoms with Crippen LogP contribution in [0, 0.1) is 18.5 Å². The van der Waals surface area contributed by atoms with Gasteiger partial charge in [-0.15, -0.1) is 34.8 Å². The van der Waals surface area contributed by atoms with Gasteiger partial charge in [0.25, 0.3) is 6.33 Å². The van der Waals surface area contributed by atoms with E-state index >= 15 is 0 Å².